The molecule has 0 unspecified atom stereocenters. The van der Waals surface area contributed by atoms with Gasteiger partial charge in [0.2, 0.25) is 11.9 Å². The number of aromatic nitrogens is 4. The van der Waals surface area contributed by atoms with Crippen LogP contribution in [0.1, 0.15) is 44.7 Å². The second-order valence-electron chi connectivity index (χ2n) is 7.14. The van der Waals surface area contributed by atoms with Crippen molar-refractivity contribution in [1.29, 1.82) is 0 Å². The second kappa shape index (κ2) is 11.6. The van der Waals surface area contributed by atoms with Gasteiger partial charge in [-0.2, -0.15) is 4.98 Å². The zero-order valence-corrected chi connectivity index (χ0v) is 18.1. The fraction of sp³-hybridized carbons (Fsp3) is 0.304. The Labute approximate surface area is 186 Å². The summed E-state index contributed by atoms with van der Waals surface area (Å²) in [5, 5.41) is 11.7. The van der Waals surface area contributed by atoms with Gasteiger partial charge in [-0.3, -0.25) is 10.0 Å². The van der Waals surface area contributed by atoms with Crippen LogP contribution in [0.3, 0.4) is 0 Å². The van der Waals surface area contributed by atoms with Crippen LogP contribution in [0.2, 0.25) is 0 Å². The highest BCUT2D eigenvalue weighted by molar-refractivity contribution is 5.88. The van der Waals surface area contributed by atoms with E-state index in [1.54, 1.807) is 17.9 Å². The van der Waals surface area contributed by atoms with Gasteiger partial charge in [0.15, 0.2) is 5.65 Å². The van der Waals surface area contributed by atoms with E-state index in [2.05, 4.69) is 31.8 Å². The lowest BCUT2D eigenvalue weighted by Crippen LogP contribution is -2.17. The number of anilines is 2. The minimum Gasteiger partial charge on any atom is -0.494 e. The molecule has 0 aliphatic rings. The lowest BCUT2D eigenvalue weighted by molar-refractivity contribution is -0.129. The van der Waals surface area contributed by atoms with Crippen molar-refractivity contribution in [3.63, 3.8) is 0 Å². The summed E-state index contributed by atoms with van der Waals surface area (Å²) in [5.41, 5.74) is 5.46. The Morgan fingerprint density at radius 2 is 1.97 bits per heavy atom. The van der Waals surface area contributed by atoms with E-state index in [4.69, 9.17) is 9.94 Å². The monoisotopic (exact) mass is 436 g/mol. The predicted octanol–water partition coefficient (Wildman–Crippen LogP) is 4.52. The summed E-state index contributed by atoms with van der Waals surface area (Å²) >= 11 is 0. The zero-order chi connectivity index (χ0) is 22.8. The summed E-state index contributed by atoms with van der Waals surface area (Å²) in [6, 6.07) is 7.60. The van der Waals surface area contributed by atoms with Crippen LogP contribution in [-0.2, 0) is 4.79 Å². The van der Waals surface area contributed by atoms with E-state index < -0.39 is 0 Å². The summed E-state index contributed by atoms with van der Waals surface area (Å²) in [6.07, 6.45) is 9.17. The second-order valence-corrected chi connectivity index (χ2v) is 7.14. The van der Waals surface area contributed by atoms with Crippen LogP contribution in [0.15, 0.2) is 49.3 Å². The van der Waals surface area contributed by atoms with Crippen molar-refractivity contribution in [2.24, 2.45) is 0 Å². The molecule has 0 saturated carbocycles. The number of ether oxygens (including phenoxy) is 1. The number of amides is 1. The van der Waals surface area contributed by atoms with Gasteiger partial charge in [0.1, 0.15) is 17.0 Å². The average molecular weight is 437 g/mol. The maximum absolute atomic E-state index is 10.9. The molecule has 0 fully saturated rings. The maximum atomic E-state index is 10.9. The van der Waals surface area contributed by atoms with Crippen molar-refractivity contribution in [2.45, 2.75) is 39.0 Å². The van der Waals surface area contributed by atoms with E-state index in [0.717, 1.165) is 53.9 Å². The smallest absolute Gasteiger partial charge is 0.243 e. The number of aromatic amines is 1. The van der Waals surface area contributed by atoms with Crippen LogP contribution in [0.25, 0.3) is 16.7 Å². The van der Waals surface area contributed by atoms with E-state index in [-0.39, 0.29) is 5.91 Å². The van der Waals surface area contributed by atoms with E-state index >= 15 is 0 Å². The number of nitrogens with zero attached hydrogens (tertiary/aromatic N) is 3. The molecule has 2 aromatic heterocycles. The van der Waals surface area contributed by atoms with Crippen molar-refractivity contribution < 1.29 is 14.7 Å². The number of imidazole rings is 1. The number of allylic oxidation sites excluding steroid dienone is 3. The molecule has 2 heterocycles. The van der Waals surface area contributed by atoms with Crippen LogP contribution < -0.4 is 15.5 Å². The van der Waals surface area contributed by atoms with Gasteiger partial charge in [-0.05, 0) is 49.6 Å². The number of benzene rings is 1. The fourth-order valence-corrected chi connectivity index (χ4v) is 3.20. The Morgan fingerprint density at radius 3 is 2.69 bits per heavy atom. The van der Waals surface area contributed by atoms with Crippen molar-refractivity contribution >= 4 is 34.3 Å². The van der Waals surface area contributed by atoms with Crippen molar-refractivity contribution in [3.8, 4) is 5.75 Å². The van der Waals surface area contributed by atoms with Crippen LogP contribution in [0.4, 0.5) is 11.6 Å². The third kappa shape index (κ3) is 6.14. The molecule has 1 aromatic carbocycles. The SMILES string of the molecule is C=C/C(=C\C)c1nc(Nc2ccc(OCCCCCCC(=O)NO)cc2)nc2nc[nH]c12. The van der Waals surface area contributed by atoms with Crippen molar-refractivity contribution in [3.05, 3.63) is 55.0 Å². The van der Waals surface area contributed by atoms with Gasteiger partial charge in [0, 0.05) is 12.1 Å². The number of hydroxylamine groups is 1. The number of rotatable bonds is 12. The number of nitrogens with one attached hydrogen (secondary N) is 3. The fourth-order valence-electron chi connectivity index (χ4n) is 3.20. The molecular formula is C23H28N6O3. The lowest BCUT2D eigenvalue weighted by atomic mass is 10.1. The summed E-state index contributed by atoms with van der Waals surface area (Å²) in [4.78, 5) is 27.4. The third-order valence-electron chi connectivity index (χ3n) is 4.89. The van der Waals surface area contributed by atoms with Gasteiger partial charge in [-0.1, -0.05) is 31.6 Å². The number of unbranched alkanes of at least 4 members (excludes halogenated alkanes) is 3. The highest BCUT2D eigenvalue weighted by Crippen LogP contribution is 2.24. The molecule has 0 aliphatic heterocycles. The standard InChI is InChI=1S/C23H28N6O3/c1-3-16(4-2)20-21-22(25-15-24-21)28-23(27-20)26-17-10-12-18(13-11-17)32-14-8-6-5-7-9-19(30)29-31/h3-4,10-13,15,31H,1,5-9,14H2,2H3,(H,29,30)(H2,24,25,26,27,28)/b16-4+. The number of hydrogen-bond donors (Lipinski definition) is 4. The number of fused-ring (bicyclic) bond motifs is 1. The molecule has 1 amide bonds. The highest BCUT2D eigenvalue weighted by atomic mass is 16.5. The quantitative estimate of drug-likeness (QED) is 0.142. The molecule has 3 rings (SSSR count). The largest absolute Gasteiger partial charge is 0.494 e. The van der Waals surface area contributed by atoms with Crippen LogP contribution in [0.5, 0.6) is 5.75 Å². The molecule has 0 radical (unpaired) electrons. The first-order chi connectivity index (χ1) is 15.6. The predicted molar refractivity (Wildman–Crippen MR) is 124 cm³/mol. The third-order valence-corrected chi connectivity index (χ3v) is 4.89. The summed E-state index contributed by atoms with van der Waals surface area (Å²) in [7, 11) is 0. The van der Waals surface area contributed by atoms with Crippen LogP contribution >= 0.6 is 0 Å². The zero-order valence-electron chi connectivity index (χ0n) is 18.1. The number of carbonyl (C=O) groups excluding carboxylic acids is 1. The Kier molecular flexibility index (Phi) is 8.33. The minimum absolute atomic E-state index is 0.341. The topological polar surface area (TPSA) is 125 Å². The van der Waals surface area contributed by atoms with Gasteiger partial charge < -0.3 is 15.0 Å². The maximum Gasteiger partial charge on any atom is 0.243 e. The molecular weight excluding hydrogens is 408 g/mol. The lowest BCUT2D eigenvalue weighted by Gasteiger charge is -2.10. The molecule has 3 aromatic rings. The van der Waals surface area contributed by atoms with E-state index in [0.29, 0.717) is 24.6 Å². The van der Waals surface area contributed by atoms with Gasteiger partial charge in [0.05, 0.1) is 12.9 Å². The summed E-state index contributed by atoms with van der Waals surface area (Å²) in [5.74, 6) is 0.885. The van der Waals surface area contributed by atoms with Gasteiger partial charge in [-0.25, -0.2) is 15.4 Å². The first-order valence-corrected chi connectivity index (χ1v) is 10.6. The first kappa shape index (κ1) is 23.0. The Balaban J connectivity index is 1.53. The number of H-pyrrole nitrogens is 1. The van der Waals surface area contributed by atoms with E-state index in [9.17, 15) is 4.79 Å². The normalized spacial score (nSPS) is 11.4. The number of hydrogen-bond acceptors (Lipinski definition) is 7. The van der Waals surface area contributed by atoms with Crippen molar-refractivity contribution in [2.75, 3.05) is 11.9 Å². The van der Waals surface area contributed by atoms with Gasteiger partial charge >= 0.3 is 0 Å². The van der Waals surface area contributed by atoms with Gasteiger partial charge in [0.25, 0.3) is 0 Å². The summed E-state index contributed by atoms with van der Waals surface area (Å²) in [6.45, 7) is 6.40. The molecule has 0 saturated heterocycles. The molecule has 168 valence electrons. The molecule has 0 bridgehead atoms. The average Bonchev–Trinajstić information content (AvgIpc) is 3.29. The molecule has 4 N–H and O–H groups in total. The first-order valence-electron chi connectivity index (χ1n) is 10.6. The Hall–Kier alpha value is -3.72. The van der Waals surface area contributed by atoms with Crippen LogP contribution in [-0.4, -0.2) is 37.7 Å². The van der Waals surface area contributed by atoms with E-state index in [1.165, 1.54) is 0 Å². The highest BCUT2D eigenvalue weighted by Gasteiger charge is 2.12. The molecule has 9 nitrogen and oxygen atoms in total. The molecule has 9 heteroatoms. The Bertz CT molecular complexity index is 1080. The molecule has 0 atom stereocenters. The molecule has 32 heavy (non-hydrogen) atoms. The molecule has 0 spiro atoms. The van der Waals surface area contributed by atoms with Crippen molar-refractivity contribution in [1.82, 2.24) is 25.4 Å². The molecule has 0 aliphatic carbocycles. The van der Waals surface area contributed by atoms with E-state index in [1.807, 2.05) is 37.3 Å². The van der Waals surface area contributed by atoms with Crippen LogP contribution in [0, 0.1) is 0 Å². The Morgan fingerprint density at radius 1 is 1.19 bits per heavy atom. The summed E-state index contributed by atoms with van der Waals surface area (Å²) < 4.78 is 5.78. The van der Waals surface area contributed by atoms with Gasteiger partial charge in [-0.15, -0.1) is 0 Å². The number of carbonyl (C=O) groups is 1. The minimum atomic E-state index is -0.344.